The maximum Gasteiger partial charge on any atom is 0.261 e. The van der Waals surface area contributed by atoms with Crippen LogP contribution >= 0.6 is 0 Å². The van der Waals surface area contributed by atoms with Crippen LogP contribution in [0.2, 0.25) is 0 Å². The number of nitrogens with two attached hydrogens (primary N) is 1. The molecular weight excluding hydrogens is 218 g/mol. The van der Waals surface area contributed by atoms with Crippen molar-refractivity contribution in [1.29, 1.82) is 0 Å². The number of nitrogens with zero attached hydrogens (tertiary/aromatic N) is 2. The summed E-state index contributed by atoms with van der Waals surface area (Å²) in [6, 6.07) is 5.14. The van der Waals surface area contributed by atoms with E-state index in [1.165, 1.54) is 4.57 Å². The van der Waals surface area contributed by atoms with E-state index in [9.17, 15) is 4.79 Å². The molecule has 5 nitrogen and oxygen atoms in total. The van der Waals surface area contributed by atoms with Crippen LogP contribution in [0, 0.1) is 0 Å². The molecule has 0 amide bonds. The van der Waals surface area contributed by atoms with Crippen LogP contribution in [-0.4, -0.2) is 22.8 Å². The molecular formula is C12H15N3O2. The van der Waals surface area contributed by atoms with Crippen LogP contribution in [0.15, 0.2) is 29.3 Å². The van der Waals surface area contributed by atoms with Gasteiger partial charge in [0.05, 0.1) is 30.4 Å². The zero-order valence-electron chi connectivity index (χ0n) is 9.72. The summed E-state index contributed by atoms with van der Waals surface area (Å²) in [5.74, 6) is 0. The standard InChI is InChI=1S/C12H15N3O2/c1-2-17-6-5-15-8-14-11-4-3-9(13)7-10(11)12(15)16/h3-4,7-8H,2,5-6,13H2,1H3. The molecule has 0 aliphatic carbocycles. The fourth-order valence-electron chi connectivity index (χ4n) is 1.64. The summed E-state index contributed by atoms with van der Waals surface area (Å²) in [7, 11) is 0. The van der Waals surface area contributed by atoms with Crippen molar-refractivity contribution in [1.82, 2.24) is 9.55 Å². The molecule has 1 heterocycles. The van der Waals surface area contributed by atoms with Crippen molar-refractivity contribution in [3.05, 3.63) is 34.9 Å². The van der Waals surface area contributed by atoms with Crippen molar-refractivity contribution in [3.8, 4) is 0 Å². The van der Waals surface area contributed by atoms with Crippen LogP contribution in [0.3, 0.4) is 0 Å². The van der Waals surface area contributed by atoms with E-state index in [1.807, 2.05) is 6.92 Å². The van der Waals surface area contributed by atoms with Crippen molar-refractivity contribution >= 4 is 16.6 Å². The van der Waals surface area contributed by atoms with E-state index in [0.717, 1.165) is 0 Å². The molecule has 2 aromatic rings. The Morgan fingerprint density at radius 1 is 1.47 bits per heavy atom. The lowest BCUT2D eigenvalue weighted by molar-refractivity contribution is 0.138. The van der Waals surface area contributed by atoms with E-state index in [-0.39, 0.29) is 5.56 Å². The van der Waals surface area contributed by atoms with E-state index in [0.29, 0.717) is 36.3 Å². The minimum absolute atomic E-state index is 0.0815. The van der Waals surface area contributed by atoms with E-state index < -0.39 is 0 Å². The number of aromatic nitrogens is 2. The van der Waals surface area contributed by atoms with Gasteiger partial charge in [0.1, 0.15) is 0 Å². The number of benzene rings is 1. The average molecular weight is 233 g/mol. The summed E-state index contributed by atoms with van der Waals surface area (Å²) in [5, 5.41) is 0.545. The minimum atomic E-state index is -0.0815. The summed E-state index contributed by atoms with van der Waals surface area (Å²) in [5.41, 5.74) is 6.81. The molecule has 17 heavy (non-hydrogen) atoms. The van der Waals surface area contributed by atoms with Crippen molar-refractivity contribution in [2.45, 2.75) is 13.5 Å². The lowest BCUT2D eigenvalue weighted by Crippen LogP contribution is -2.22. The Morgan fingerprint density at radius 2 is 2.29 bits per heavy atom. The maximum absolute atomic E-state index is 12.1. The zero-order chi connectivity index (χ0) is 12.3. The van der Waals surface area contributed by atoms with Gasteiger partial charge < -0.3 is 10.5 Å². The van der Waals surface area contributed by atoms with Gasteiger partial charge in [-0.25, -0.2) is 4.98 Å². The predicted molar refractivity (Wildman–Crippen MR) is 66.9 cm³/mol. The summed E-state index contributed by atoms with van der Waals surface area (Å²) in [6.07, 6.45) is 1.54. The molecule has 0 bridgehead atoms. The Hall–Kier alpha value is -1.88. The second-order valence-electron chi connectivity index (χ2n) is 3.72. The van der Waals surface area contributed by atoms with Crippen molar-refractivity contribution < 1.29 is 4.74 Å². The number of hydrogen-bond donors (Lipinski definition) is 1. The molecule has 0 spiro atoms. The van der Waals surface area contributed by atoms with Crippen molar-refractivity contribution in [2.75, 3.05) is 18.9 Å². The molecule has 0 radical (unpaired) electrons. The number of nitrogen functional groups attached to an aromatic ring is 1. The van der Waals surface area contributed by atoms with Crippen LogP contribution in [0.4, 0.5) is 5.69 Å². The van der Waals surface area contributed by atoms with Gasteiger partial charge in [0.15, 0.2) is 0 Å². The molecule has 5 heteroatoms. The highest BCUT2D eigenvalue weighted by Gasteiger charge is 2.04. The third-order valence-electron chi connectivity index (χ3n) is 2.53. The first-order chi connectivity index (χ1) is 8.22. The summed E-state index contributed by atoms with van der Waals surface area (Å²) in [6.45, 7) is 3.57. The monoisotopic (exact) mass is 233 g/mol. The molecule has 0 unspecified atom stereocenters. The largest absolute Gasteiger partial charge is 0.399 e. The predicted octanol–water partition coefficient (Wildman–Crippen LogP) is 1.02. The topological polar surface area (TPSA) is 70.1 Å². The molecule has 0 saturated carbocycles. The van der Waals surface area contributed by atoms with E-state index in [2.05, 4.69) is 4.98 Å². The van der Waals surface area contributed by atoms with Gasteiger partial charge in [-0.3, -0.25) is 9.36 Å². The zero-order valence-corrected chi connectivity index (χ0v) is 9.72. The Bertz CT molecular complexity index is 577. The van der Waals surface area contributed by atoms with Gasteiger partial charge in [0.2, 0.25) is 0 Å². The Balaban J connectivity index is 2.39. The van der Waals surface area contributed by atoms with Crippen LogP contribution in [-0.2, 0) is 11.3 Å². The highest BCUT2D eigenvalue weighted by Crippen LogP contribution is 2.10. The quantitative estimate of drug-likeness (QED) is 0.632. The van der Waals surface area contributed by atoms with Gasteiger partial charge in [-0.2, -0.15) is 0 Å². The Labute approximate surface area is 98.8 Å². The Kier molecular flexibility index (Phi) is 3.39. The van der Waals surface area contributed by atoms with Crippen LogP contribution in [0.25, 0.3) is 10.9 Å². The van der Waals surface area contributed by atoms with Crippen LogP contribution < -0.4 is 11.3 Å². The fourth-order valence-corrected chi connectivity index (χ4v) is 1.64. The third-order valence-corrected chi connectivity index (χ3v) is 2.53. The first kappa shape index (κ1) is 11.6. The number of anilines is 1. The highest BCUT2D eigenvalue weighted by atomic mass is 16.5. The summed E-state index contributed by atoms with van der Waals surface area (Å²) in [4.78, 5) is 16.3. The lowest BCUT2D eigenvalue weighted by atomic mass is 10.2. The van der Waals surface area contributed by atoms with Gasteiger partial charge in [0.25, 0.3) is 5.56 Å². The number of hydrogen-bond acceptors (Lipinski definition) is 4. The van der Waals surface area contributed by atoms with Crippen LogP contribution in [0.1, 0.15) is 6.92 Å². The molecule has 90 valence electrons. The molecule has 0 fully saturated rings. The average Bonchev–Trinajstić information content (AvgIpc) is 2.33. The number of ether oxygens (including phenoxy) is 1. The van der Waals surface area contributed by atoms with E-state index in [1.54, 1.807) is 24.5 Å². The smallest absolute Gasteiger partial charge is 0.261 e. The molecule has 0 aliphatic heterocycles. The van der Waals surface area contributed by atoms with E-state index >= 15 is 0 Å². The normalized spacial score (nSPS) is 10.9. The second-order valence-corrected chi connectivity index (χ2v) is 3.72. The van der Waals surface area contributed by atoms with Crippen molar-refractivity contribution in [2.24, 2.45) is 0 Å². The van der Waals surface area contributed by atoms with Crippen LogP contribution in [0.5, 0.6) is 0 Å². The molecule has 0 saturated heterocycles. The molecule has 0 atom stereocenters. The van der Waals surface area contributed by atoms with Gasteiger partial charge in [-0.1, -0.05) is 0 Å². The summed E-state index contributed by atoms with van der Waals surface area (Å²) >= 11 is 0. The van der Waals surface area contributed by atoms with E-state index in [4.69, 9.17) is 10.5 Å². The maximum atomic E-state index is 12.1. The molecule has 0 aliphatic rings. The molecule has 2 N–H and O–H groups in total. The number of rotatable bonds is 4. The third kappa shape index (κ3) is 2.45. The lowest BCUT2D eigenvalue weighted by Gasteiger charge is -2.06. The van der Waals surface area contributed by atoms with Gasteiger partial charge >= 0.3 is 0 Å². The van der Waals surface area contributed by atoms with Gasteiger partial charge in [0, 0.05) is 12.3 Å². The first-order valence-corrected chi connectivity index (χ1v) is 5.55. The molecule has 1 aromatic heterocycles. The SMILES string of the molecule is CCOCCn1cnc2ccc(N)cc2c1=O. The van der Waals surface area contributed by atoms with Gasteiger partial charge in [-0.15, -0.1) is 0 Å². The second kappa shape index (κ2) is 4.97. The van der Waals surface area contributed by atoms with Crippen molar-refractivity contribution in [3.63, 3.8) is 0 Å². The summed E-state index contributed by atoms with van der Waals surface area (Å²) < 4.78 is 6.76. The first-order valence-electron chi connectivity index (χ1n) is 5.55. The molecule has 1 aromatic carbocycles. The fraction of sp³-hybridized carbons (Fsp3) is 0.333. The highest BCUT2D eigenvalue weighted by molar-refractivity contribution is 5.80. The number of fused-ring (bicyclic) bond motifs is 1. The molecule has 2 rings (SSSR count). The van der Waals surface area contributed by atoms with Gasteiger partial charge in [-0.05, 0) is 25.1 Å². The Morgan fingerprint density at radius 3 is 3.06 bits per heavy atom. The minimum Gasteiger partial charge on any atom is -0.399 e.